The van der Waals surface area contributed by atoms with Crippen molar-refractivity contribution in [2.75, 3.05) is 19.7 Å². The largest absolute Gasteiger partial charge is 0.454 e. The van der Waals surface area contributed by atoms with E-state index >= 15 is 0 Å². The van der Waals surface area contributed by atoms with Crippen LogP contribution in [0.1, 0.15) is 63.7 Å². The lowest BCUT2D eigenvalue weighted by Crippen LogP contribution is -2.61. The van der Waals surface area contributed by atoms with E-state index in [0.29, 0.717) is 30.3 Å². The zero-order valence-electron chi connectivity index (χ0n) is 21.7. The third-order valence-corrected chi connectivity index (χ3v) is 6.11. The van der Waals surface area contributed by atoms with Crippen LogP contribution in [0.15, 0.2) is 22.9 Å². The molecule has 0 aromatic carbocycles. The first-order valence-electron chi connectivity index (χ1n) is 12.4. The van der Waals surface area contributed by atoms with Gasteiger partial charge in [0, 0.05) is 42.8 Å². The number of carbonyl (C=O) groups is 5. The standard InChI is InChI=1S/C25H36BrN5O6/c1-15(2)10-21(33)28-9-7-22(34)31-19(6-5-8-29-31)24(35)30-23(16(3)4)20(32)14-37-25(36)17-11-18(26)13-27-12-17/h11-13,15-16,19,23,29H,5-10,14H2,1-4H3,(H,28,33)(H,30,35). The fourth-order valence-corrected chi connectivity index (χ4v) is 4.18. The van der Waals surface area contributed by atoms with Crippen molar-refractivity contribution in [3.8, 4) is 0 Å². The Morgan fingerprint density at radius 1 is 1.19 bits per heavy atom. The molecule has 0 radical (unpaired) electrons. The number of nitrogens with zero attached hydrogens (tertiary/aromatic N) is 2. The molecule has 0 aliphatic carbocycles. The zero-order chi connectivity index (χ0) is 27.5. The molecule has 2 heterocycles. The van der Waals surface area contributed by atoms with Gasteiger partial charge in [0.2, 0.25) is 17.7 Å². The van der Waals surface area contributed by atoms with Crippen molar-refractivity contribution in [2.45, 2.75) is 65.5 Å². The predicted octanol–water partition coefficient (Wildman–Crippen LogP) is 1.76. The summed E-state index contributed by atoms with van der Waals surface area (Å²) in [6.07, 6.45) is 4.36. The van der Waals surface area contributed by atoms with Crippen LogP contribution in [-0.4, -0.2) is 71.2 Å². The van der Waals surface area contributed by atoms with Gasteiger partial charge in [-0.3, -0.25) is 29.2 Å². The fourth-order valence-electron chi connectivity index (χ4n) is 3.82. The van der Waals surface area contributed by atoms with Gasteiger partial charge in [-0.05, 0) is 46.7 Å². The van der Waals surface area contributed by atoms with Crippen LogP contribution in [0.25, 0.3) is 0 Å². The van der Waals surface area contributed by atoms with Crippen LogP contribution in [-0.2, 0) is 23.9 Å². The quantitative estimate of drug-likeness (QED) is 0.316. The summed E-state index contributed by atoms with van der Waals surface area (Å²) < 4.78 is 5.73. The van der Waals surface area contributed by atoms with Crippen molar-refractivity contribution in [3.05, 3.63) is 28.5 Å². The Labute approximate surface area is 225 Å². The molecule has 0 saturated carbocycles. The first-order chi connectivity index (χ1) is 17.5. The van der Waals surface area contributed by atoms with E-state index in [1.165, 1.54) is 23.5 Å². The Hall–Kier alpha value is -2.86. The minimum atomic E-state index is -0.907. The van der Waals surface area contributed by atoms with E-state index in [1.807, 2.05) is 13.8 Å². The number of nitrogens with one attached hydrogen (secondary N) is 3. The topological polar surface area (TPSA) is 147 Å². The summed E-state index contributed by atoms with van der Waals surface area (Å²) in [5.74, 6) is -2.16. The Morgan fingerprint density at radius 3 is 2.57 bits per heavy atom. The van der Waals surface area contributed by atoms with Crippen molar-refractivity contribution in [3.63, 3.8) is 0 Å². The Balaban J connectivity index is 1.95. The average molecular weight is 582 g/mol. The van der Waals surface area contributed by atoms with Crippen LogP contribution in [0.3, 0.4) is 0 Å². The minimum Gasteiger partial charge on any atom is -0.454 e. The molecule has 1 fully saturated rings. The molecule has 1 aliphatic heterocycles. The number of amides is 3. The van der Waals surface area contributed by atoms with Gasteiger partial charge in [-0.15, -0.1) is 0 Å². The van der Waals surface area contributed by atoms with Crippen molar-refractivity contribution < 1.29 is 28.7 Å². The van der Waals surface area contributed by atoms with Gasteiger partial charge >= 0.3 is 5.97 Å². The molecule has 2 unspecified atom stereocenters. The van der Waals surface area contributed by atoms with Crippen LogP contribution in [0.4, 0.5) is 0 Å². The molecule has 0 spiro atoms. The Kier molecular flexibility index (Phi) is 12.1. The molecule has 11 nitrogen and oxygen atoms in total. The highest BCUT2D eigenvalue weighted by Gasteiger charge is 2.35. The number of carbonyl (C=O) groups excluding carboxylic acids is 5. The number of hydrazine groups is 1. The van der Waals surface area contributed by atoms with E-state index in [4.69, 9.17) is 4.74 Å². The Bertz CT molecular complexity index is 986. The van der Waals surface area contributed by atoms with E-state index in [9.17, 15) is 24.0 Å². The minimum absolute atomic E-state index is 0.0353. The number of hydrogen-bond acceptors (Lipinski definition) is 8. The second kappa shape index (κ2) is 14.8. The molecule has 2 rings (SSSR count). The third kappa shape index (κ3) is 9.84. The van der Waals surface area contributed by atoms with Gasteiger partial charge in [-0.25, -0.2) is 10.2 Å². The SMILES string of the molecule is CC(C)CC(=O)NCCC(=O)N1NCCCC1C(=O)NC(C(=O)COC(=O)c1cncc(Br)c1)C(C)C. The first kappa shape index (κ1) is 30.4. The van der Waals surface area contributed by atoms with Gasteiger partial charge < -0.3 is 15.4 Å². The van der Waals surface area contributed by atoms with Crippen LogP contribution in [0.2, 0.25) is 0 Å². The Morgan fingerprint density at radius 2 is 1.92 bits per heavy atom. The highest BCUT2D eigenvalue weighted by atomic mass is 79.9. The van der Waals surface area contributed by atoms with Gasteiger partial charge in [-0.2, -0.15) is 0 Å². The summed E-state index contributed by atoms with van der Waals surface area (Å²) in [5.41, 5.74) is 3.15. The molecule has 204 valence electrons. The molecule has 37 heavy (non-hydrogen) atoms. The van der Waals surface area contributed by atoms with Gasteiger partial charge in [-0.1, -0.05) is 27.7 Å². The second-order valence-electron chi connectivity index (χ2n) is 9.69. The highest BCUT2D eigenvalue weighted by molar-refractivity contribution is 9.10. The molecule has 1 saturated heterocycles. The smallest absolute Gasteiger partial charge is 0.340 e. The number of Topliss-reactive ketones (excluding diaryl/α,β-unsaturated/α-hetero) is 1. The van der Waals surface area contributed by atoms with E-state index < -0.39 is 36.4 Å². The van der Waals surface area contributed by atoms with Crippen molar-refractivity contribution in [1.82, 2.24) is 26.1 Å². The van der Waals surface area contributed by atoms with E-state index in [2.05, 4.69) is 37.0 Å². The van der Waals surface area contributed by atoms with Gasteiger partial charge in [0.15, 0.2) is 12.4 Å². The van der Waals surface area contributed by atoms with E-state index in [1.54, 1.807) is 13.8 Å². The van der Waals surface area contributed by atoms with Gasteiger partial charge in [0.1, 0.15) is 6.04 Å². The molecular weight excluding hydrogens is 546 g/mol. The third-order valence-electron chi connectivity index (χ3n) is 5.67. The molecular formula is C25H36BrN5O6. The number of ketones is 1. The molecule has 3 amide bonds. The van der Waals surface area contributed by atoms with Crippen LogP contribution >= 0.6 is 15.9 Å². The number of esters is 1. The lowest BCUT2D eigenvalue weighted by Gasteiger charge is -2.36. The second-order valence-corrected chi connectivity index (χ2v) is 10.6. The van der Waals surface area contributed by atoms with Gasteiger partial charge in [0.25, 0.3) is 0 Å². The molecule has 1 aromatic rings. The molecule has 12 heteroatoms. The molecule has 1 aliphatic rings. The number of rotatable bonds is 12. The van der Waals surface area contributed by atoms with Crippen molar-refractivity contribution in [2.24, 2.45) is 11.8 Å². The van der Waals surface area contributed by atoms with Crippen LogP contribution < -0.4 is 16.1 Å². The summed E-state index contributed by atoms with van der Waals surface area (Å²) >= 11 is 3.22. The van der Waals surface area contributed by atoms with E-state index in [-0.39, 0.29) is 42.2 Å². The number of hydrogen-bond donors (Lipinski definition) is 3. The maximum atomic E-state index is 13.1. The molecule has 3 N–H and O–H groups in total. The van der Waals surface area contributed by atoms with Crippen molar-refractivity contribution in [1.29, 1.82) is 0 Å². The highest BCUT2D eigenvalue weighted by Crippen LogP contribution is 2.15. The van der Waals surface area contributed by atoms with Crippen molar-refractivity contribution >= 4 is 45.4 Å². The van der Waals surface area contributed by atoms with Crippen LogP contribution in [0.5, 0.6) is 0 Å². The summed E-state index contributed by atoms with van der Waals surface area (Å²) in [4.78, 5) is 66.8. The number of halogens is 1. The first-order valence-corrected chi connectivity index (χ1v) is 13.2. The lowest BCUT2D eigenvalue weighted by atomic mass is 9.98. The summed E-state index contributed by atoms with van der Waals surface area (Å²) in [7, 11) is 0. The maximum absolute atomic E-state index is 13.1. The summed E-state index contributed by atoms with van der Waals surface area (Å²) in [6, 6.07) is -0.189. The normalized spacial score (nSPS) is 16.3. The number of ether oxygens (including phenoxy) is 1. The average Bonchev–Trinajstić information content (AvgIpc) is 2.84. The van der Waals surface area contributed by atoms with Crippen LogP contribution in [0, 0.1) is 11.8 Å². The van der Waals surface area contributed by atoms with E-state index in [0.717, 1.165) is 0 Å². The number of pyridine rings is 1. The number of aromatic nitrogens is 1. The summed E-state index contributed by atoms with van der Waals surface area (Å²) in [6.45, 7) is 7.59. The lowest BCUT2D eigenvalue weighted by molar-refractivity contribution is -0.147. The molecule has 1 aromatic heterocycles. The van der Waals surface area contributed by atoms with Gasteiger partial charge in [0.05, 0.1) is 11.6 Å². The monoisotopic (exact) mass is 581 g/mol. The fraction of sp³-hybridized carbons (Fsp3) is 0.600. The predicted molar refractivity (Wildman–Crippen MR) is 139 cm³/mol. The zero-order valence-corrected chi connectivity index (χ0v) is 23.3. The molecule has 2 atom stereocenters. The summed E-state index contributed by atoms with van der Waals surface area (Å²) in [5, 5.41) is 6.74. The maximum Gasteiger partial charge on any atom is 0.340 e. The molecule has 0 bridgehead atoms.